The van der Waals surface area contributed by atoms with Crippen LogP contribution in [-0.4, -0.2) is 37.6 Å². The minimum absolute atomic E-state index is 0.778. The van der Waals surface area contributed by atoms with Crippen molar-refractivity contribution in [1.82, 2.24) is 10.2 Å². The second-order valence-corrected chi connectivity index (χ2v) is 4.39. The zero-order valence-corrected chi connectivity index (χ0v) is 9.34. The molecular formula is C11H24N2. The summed E-state index contributed by atoms with van der Waals surface area (Å²) in [6, 6.07) is 0.778. The third-order valence-electron chi connectivity index (χ3n) is 3.03. The number of nitrogens with one attached hydrogen (secondary N) is 1. The van der Waals surface area contributed by atoms with Crippen LogP contribution >= 0.6 is 0 Å². The van der Waals surface area contributed by atoms with Gasteiger partial charge in [-0.3, -0.25) is 4.90 Å². The van der Waals surface area contributed by atoms with Crippen LogP contribution in [0.25, 0.3) is 0 Å². The van der Waals surface area contributed by atoms with Gasteiger partial charge in [-0.2, -0.15) is 0 Å². The fourth-order valence-corrected chi connectivity index (χ4v) is 2.28. The van der Waals surface area contributed by atoms with Gasteiger partial charge in [-0.1, -0.05) is 20.3 Å². The van der Waals surface area contributed by atoms with E-state index in [4.69, 9.17) is 0 Å². The predicted molar refractivity (Wildman–Crippen MR) is 58.0 cm³/mol. The fourth-order valence-electron chi connectivity index (χ4n) is 2.28. The molecule has 0 amide bonds. The summed E-state index contributed by atoms with van der Waals surface area (Å²) < 4.78 is 0. The van der Waals surface area contributed by atoms with E-state index >= 15 is 0 Å². The Morgan fingerprint density at radius 1 is 1.54 bits per heavy atom. The number of hydrogen-bond donors (Lipinski definition) is 1. The van der Waals surface area contributed by atoms with Gasteiger partial charge in [-0.05, 0) is 32.4 Å². The molecule has 2 atom stereocenters. The Morgan fingerprint density at radius 3 is 2.77 bits per heavy atom. The summed E-state index contributed by atoms with van der Waals surface area (Å²) in [4.78, 5) is 2.66. The average Bonchev–Trinajstić information content (AvgIpc) is 2.51. The van der Waals surface area contributed by atoms with E-state index in [0.717, 1.165) is 18.5 Å². The Labute approximate surface area is 82.7 Å². The molecule has 0 aromatic heterocycles. The first-order valence-corrected chi connectivity index (χ1v) is 5.66. The molecule has 1 rings (SSSR count). The fraction of sp³-hybridized carbons (Fsp3) is 1.00. The molecule has 0 saturated carbocycles. The summed E-state index contributed by atoms with van der Waals surface area (Å²) in [5, 5.41) is 3.30. The van der Waals surface area contributed by atoms with Crippen LogP contribution in [0, 0.1) is 5.92 Å². The largest absolute Gasteiger partial charge is 0.318 e. The summed E-state index contributed by atoms with van der Waals surface area (Å²) in [6.45, 7) is 8.42. The van der Waals surface area contributed by atoms with E-state index in [1.807, 2.05) is 0 Å². The van der Waals surface area contributed by atoms with Crippen molar-refractivity contribution in [2.45, 2.75) is 39.2 Å². The smallest absolute Gasteiger partial charge is 0.0220 e. The molecule has 1 saturated heterocycles. The van der Waals surface area contributed by atoms with Crippen molar-refractivity contribution in [2.75, 3.05) is 26.7 Å². The topological polar surface area (TPSA) is 15.3 Å². The second kappa shape index (κ2) is 5.61. The number of rotatable bonds is 5. The van der Waals surface area contributed by atoms with Gasteiger partial charge < -0.3 is 5.32 Å². The van der Waals surface area contributed by atoms with Crippen LogP contribution in [0.15, 0.2) is 0 Å². The molecule has 1 fully saturated rings. The highest BCUT2D eigenvalue weighted by atomic mass is 15.2. The molecule has 0 bridgehead atoms. The first kappa shape index (κ1) is 11.0. The highest BCUT2D eigenvalue weighted by Gasteiger charge is 2.24. The Balaban J connectivity index is 2.35. The van der Waals surface area contributed by atoms with E-state index in [0.29, 0.717) is 0 Å². The van der Waals surface area contributed by atoms with Crippen molar-refractivity contribution in [3.05, 3.63) is 0 Å². The molecule has 1 N–H and O–H groups in total. The quantitative estimate of drug-likeness (QED) is 0.700. The summed E-state index contributed by atoms with van der Waals surface area (Å²) in [5.41, 5.74) is 0. The van der Waals surface area contributed by atoms with E-state index in [9.17, 15) is 0 Å². The monoisotopic (exact) mass is 184 g/mol. The molecule has 1 aliphatic rings. The molecule has 13 heavy (non-hydrogen) atoms. The number of hydrogen-bond acceptors (Lipinski definition) is 2. The van der Waals surface area contributed by atoms with Crippen LogP contribution in [0.4, 0.5) is 0 Å². The van der Waals surface area contributed by atoms with Crippen LogP contribution in [0.5, 0.6) is 0 Å². The summed E-state index contributed by atoms with van der Waals surface area (Å²) in [5.74, 6) is 0.913. The van der Waals surface area contributed by atoms with Gasteiger partial charge in [0, 0.05) is 19.1 Å². The Kier molecular flexibility index (Phi) is 4.74. The Bertz CT molecular complexity index is 130. The molecule has 2 heteroatoms. The highest BCUT2D eigenvalue weighted by Crippen LogP contribution is 2.19. The molecule has 0 spiro atoms. The van der Waals surface area contributed by atoms with Gasteiger partial charge in [0.15, 0.2) is 0 Å². The molecule has 0 aromatic rings. The summed E-state index contributed by atoms with van der Waals surface area (Å²) in [6.07, 6.45) is 4.04. The molecule has 1 heterocycles. The molecule has 2 nitrogen and oxygen atoms in total. The second-order valence-electron chi connectivity index (χ2n) is 4.39. The van der Waals surface area contributed by atoms with Crippen molar-refractivity contribution in [1.29, 1.82) is 0 Å². The minimum Gasteiger partial charge on any atom is -0.318 e. The lowest BCUT2D eigenvalue weighted by atomic mass is 10.1. The van der Waals surface area contributed by atoms with Crippen molar-refractivity contribution in [3.63, 3.8) is 0 Å². The van der Waals surface area contributed by atoms with Gasteiger partial charge in [-0.15, -0.1) is 0 Å². The first-order chi connectivity index (χ1) is 6.27. The van der Waals surface area contributed by atoms with Gasteiger partial charge in [0.05, 0.1) is 0 Å². The molecule has 0 aliphatic carbocycles. The SMILES string of the molecule is CCCC(CNC)N1CCC(C)C1. The first-order valence-electron chi connectivity index (χ1n) is 5.66. The van der Waals surface area contributed by atoms with Gasteiger partial charge in [0.1, 0.15) is 0 Å². The van der Waals surface area contributed by atoms with E-state index in [1.165, 1.54) is 32.4 Å². The molecule has 1 aliphatic heterocycles. The standard InChI is InChI=1S/C11H24N2/c1-4-5-11(8-12-3)13-7-6-10(2)9-13/h10-12H,4-9H2,1-3H3. The lowest BCUT2D eigenvalue weighted by Gasteiger charge is -2.27. The van der Waals surface area contributed by atoms with Crippen LogP contribution in [0.2, 0.25) is 0 Å². The molecular weight excluding hydrogens is 160 g/mol. The minimum atomic E-state index is 0.778. The van der Waals surface area contributed by atoms with Gasteiger partial charge in [0.25, 0.3) is 0 Å². The zero-order valence-electron chi connectivity index (χ0n) is 9.34. The maximum Gasteiger partial charge on any atom is 0.0220 e. The normalized spacial score (nSPS) is 26.5. The number of likely N-dealkylation sites (N-methyl/N-ethyl adjacent to an activating group) is 1. The molecule has 0 radical (unpaired) electrons. The third kappa shape index (κ3) is 3.28. The van der Waals surface area contributed by atoms with E-state index < -0.39 is 0 Å². The van der Waals surface area contributed by atoms with Crippen LogP contribution in [0.1, 0.15) is 33.1 Å². The molecule has 2 unspecified atom stereocenters. The molecule has 0 aromatic carbocycles. The van der Waals surface area contributed by atoms with Gasteiger partial charge in [0.2, 0.25) is 0 Å². The van der Waals surface area contributed by atoms with Crippen molar-refractivity contribution < 1.29 is 0 Å². The molecule has 78 valence electrons. The van der Waals surface area contributed by atoms with E-state index in [2.05, 4.69) is 31.1 Å². The Hall–Kier alpha value is -0.0800. The highest BCUT2D eigenvalue weighted by molar-refractivity contribution is 4.80. The van der Waals surface area contributed by atoms with Gasteiger partial charge >= 0.3 is 0 Å². The number of likely N-dealkylation sites (tertiary alicyclic amines) is 1. The lowest BCUT2D eigenvalue weighted by Crippen LogP contribution is -2.40. The number of nitrogens with zero attached hydrogens (tertiary/aromatic N) is 1. The zero-order chi connectivity index (χ0) is 9.68. The van der Waals surface area contributed by atoms with Crippen molar-refractivity contribution in [2.24, 2.45) is 5.92 Å². The predicted octanol–water partition coefficient (Wildman–Crippen LogP) is 1.72. The van der Waals surface area contributed by atoms with Crippen LogP contribution in [-0.2, 0) is 0 Å². The summed E-state index contributed by atoms with van der Waals surface area (Å²) in [7, 11) is 2.06. The van der Waals surface area contributed by atoms with E-state index in [1.54, 1.807) is 0 Å². The van der Waals surface area contributed by atoms with E-state index in [-0.39, 0.29) is 0 Å². The van der Waals surface area contributed by atoms with Gasteiger partial charge in [-0.25, -0.2) is 0 Å². The third-order valence-corrected chi connectivity index (χ3v) is 3.03. The van der Waals surface area contributed by atoms with Crippen molar-refractivity contribution in [3.8, 4) is 0 Å². The summed E-state index contributed by atoms with van der Waals surface area (Å²) >= 11 is 0. The average molecular weight is 184 g/mol. The maximum atomic E-state index is 3.30. The Morgan fingerprint density at radius 2 is 2.31 bits per heavy atom. The maximum absolute atomic E-state index is 3.30. The van der Waals surface area contributed by atoms with Crippen LogP contribution in [0.3, 0.4) is 0 Å². The van der Waals surface area contributed by atoms with Crippen LogP contribution < -0.4 is 5.32 Å². The van der Waals surface area contributed by atoms with Crippen molar-refractivity contribution >= 4 is 0 Å². The lowest BCUT2D eigenvalue weighted by molar-refractivity contribution is 0.219.